The zero-order valence-electron chi connectivity index (χ0n) is 10.8. The normalized spacial score (nSPS) is 13.9. The van der Waals surface area contributed by atoms with Gasteiger partial charge < -0.3 is 19.5 Å². The van der Waals surface area contributed by atoms with Crippen molar-refractivity contribution >= 4 is 11.7 Å². The van der Waals surface area contributed by atoms with E-state index in [1.165, 1.54) is 0 Å². The first-order valence-corrected chi connectivity index (χ1v) is 6.10. The Kier molecular flexibility index (Phi) is 3.94. The summed E-state index contributed by atoms with van der Waals surface area (Å²) in [7, 11) is 0. The van der Waals surface area contributed by atoms with Crippen LogP contribution in [0.3, 0.4) is 0 Å². The summed E-state index contributed by atoms with van der Waals surface area (Å²) in [5, 5.41) is 9.00. The van der Waals surface area contributed by atoms with E-state index in [2.05, 4.69) is 6.58 Å². The van der Waals surface area contributed by atoms with Crippen molar-refractivity contribution in [1.82, 2.24) is 0 Å². The van der Waals surface area contributed by atoms with Gasteiger partial charge in [0, 0.05) is 24.8 Å². The number of anilines is 1. The molecule has 0 saturated heterocycles. The highest BCUT2D eigenvalue weighted by Gasteiger charge is 2.19. The van der Waals surface area contributed by atoms with Crippen LogP contribution in [0, 0.1) is 5.92 Å². The third-order valence-electron chi connectivity index (χ3n) is 2.99. The lowest BCUT2D eigenvalue weighted by Gasteiger charge is -2.25. The minimum atomic E-state index is -0.810. The molecule has 0 aliphatic carbocycles. The molecule has 0 saturated carbocycles. The van der Waals surface area contributed by atoms with E-state index in [-0.39, 0.29) is 6.79 Å². The number of carboxylic acid groups (broad SMARTS) is 1. The third-order valence-corrected chi connectivity index (χ3v) is 2.99. The monoisotopic (exact) mass is 263 g/mol. The Hall–Kier alpha value is -2.17. The molecular formula is C14H17NO4. The highest BCUT2D eigenvalue weighted by molar-refractivity contribution is 5.70. The molecule has 5 nitrogen and oxygen atoms in total. The van der Waals surface area contributed by atoms with Crippen molar-refractivity contribution in [3.8, 4) is 11.5 Å². The van der Waals surface area contributed by atoms with E-state index >= 15 is 0 Å². The van der Waals surface area contributed by atoms with Crippen molar-refractivity contribution in [3.05, 3.63) is 30.9 Å². The number of rotatable bonds is 6. The molecule has 5 heteroatoms. The van der Waals surface area contributed by atoms with E-state index in [9.17, 15) is 4.79 Å². The molecule has 19 heavy (non-hydrogen) atoms. The maximum atomic E-state index is 11.0. The summed E-state index contributed by atoms with van der Waals surface area (Å²) < 4.78 is 10.6. The van der Waals surface area contributed by atoms with Gasteiger partial charge in [-0.25, -0.2) is 0 Å². The summed E-state index contributed by atoms with van der Waals surface area (Å²) in [6.45, 7) is 6.62. The van der Waals surface area contributed by atoms with Gasteiger partial charge in [-0.1, -0.05) is 13.0 Å². The van der Waals surface area contributed by atoms with Gasteiger partial charge in [-0.3, -0.25) is 4.79 Å². The average molecular weight is 263 g/mol. The molecule has 0 spiro atoms. The Morgan fingerprint density at radius 3 is 2.95 bits per heavy atom. The van der Waals surface area contributed by atoms with Crippen LogP contribution in [0.2, 0.25) is 0 Å². The number of ether oxygens (including phenoxy) is 2. The summed E-state index contributed by atoms with van der Waals surface area (Å²) in [4.78, 5) is 12.9. The summed E-state index contributed by atoms with van der Waals surface area (Å²) in [5.74, 6) is 0.142. The molecule has 0 fully saturated rings. The molecule has 1 unspecified atom stereocenters. The first kappa shape index (κ1) is 13.3. The predicted molar refractivity (Wildman–Crippen MR) is 71.8 cm³/mol. The fraction of sp³-hybridized carbons (Fsp3) is 0.357. The number of carboxylic acids is 1. The van der Waals surface area contributed by atoms with Gasteiger partial charge in [0.05, 0.1) is 5.92 Å². The first-order chi connectivity index (χ1) is 9.11. The number of benzene rings is 1. The molecule has 1 atom stereocenters. The lowest BCUT2D eigenvalue weighted by atomic mass is 10.1. The summed E-state index contributed by atoms with van der Waals surface area (Å²) >= 11 is 0. The highest BCUT2D eigenvalue weighted by atomic mass is 16.7. The molecule has 0 aromatic heterocycles. The second kappa shape index (κ2) is 5.65. The molecule has 1 aromatic rings. The summed E-state index contributed by atoms with van der Waals surface area (Å²) in [6.07, 6.45) is 1.75. The second-order valence-corrected chi connectivity index (χ2v) is 4.47. The minimum Gasteiger partial charge on any atom is -0.481 e. The van der Waals surface area contributed by atoms with Crippen LogP contribution in [0.1, 0.15) is 6.92 Å². The first-order valence-electron chi connectivity index (χ1n) is 6.10. The minimum absolute atomic E-state index is 0.228. The lowest BCUT2D eigenvalue weighted by Crippen LogP contribution is -2.31. The van der Waals surface area contributed by atoms with Crippen LogP contribution in [-0.4, -0.2) is 31.0 Å². The molecule has 102 valence electrons. The molecule has 1 aliphatic rings. The van der Waals surface area contributed by atoms with Crippen molar-refractivity contribution in [3.63, 3.8) is 0 Å². The zero-order chi connectivity index (χ0) is 13.8. The third kappa shape index (κ3) is 2.99. The van der Waals surface area contributed by atoms with Gasteiger partial charge in [-0.15, -0.1) is 6.58 Å². The van der Waals surface area contributed by atoms with Crippen LogP contribution in [0.25, 0.3) is 0 Å². The Morgan fingerprint density at radius 1 is 1.53 bits per heavy atom. The number of aliphatic carboxylic acids is 1. The zero-order valence-corrected chi connectivity index (χ0v) is 10.8. The van der Waals surface area contributed by atoms with Gasteiger partial charge in [0.2, 0.25) is 6.79 Å². The molecule has 1 N–H and O–H groups in total. The topological polar surface area (TPSA) is 59.0 Å². The molecule has 2 rings (SSSR count). The Morgan fingerprint density at radius 2 is 2.26 bits per heavy atom. The van der Waals surface area contributed by atoms with Crippen LogP contribution >= 0.6 is 0 Å². The Bertz CT molecular complexity index is 486. The predicted octanol–water partition coefficient (Wildman–Crippen LogP) is 2.13. The molecule has 1 aromatic carbocycles. The molecule has 0 bridgehead atoms. The molecule has 1 aliphatic heterocycles. The van der Waals surface area contributed by atoms with Gasteiger partial charge in [0.25, 0.3) is 0 Å². The number of hydrogen-bond acceptors (Lipinski definition) is 4. The van der Waals surface area contributed by atoms with Gasteiger partial charge in [0.1, 0.15) is 0 Å². The number of fused-ring (bicyclic) bond motifs is 1. The fourth-order valence-electron chi connectivity index (χ4n) is 1.93. The summed E-state index contributed by atoms with van der Waals surface area (Å²) in [6, 6.07) is 5.59. The van der Waals surface area contributed by atoms with E-state index in [0.717, 1.165) is 5.69 Å². The summed E-state index contributed by atoms with van der Waals surface area (Å²) in [5.41, 5.74) is 0.900. The van der Waals surface area contributed by atoms with Crippen molar-refractivity contribution in [2.75, 3.05) is 24.8 Å². The van der Waals surface area contributed by atoms with E-state index in [1.54, 1.807) is 13.0 Å². The van der Waals surface area contributed by atoms with Crippen molar-refractivity contribution in [2.24, 2.45) is 5.92 Å². The second-order valence-electron chi connectivity index (χ2n) is 4.47. The molecule has 0 amide bonds. The van der Waals surface area contributed by atoms with E-state index < -0.39 is 11.9 Å². The van der Waals surface area contributed by atoms with Crippen LogP contribution in [-0.2, 0) is 4.79 Å². The Labute approximate surface area is 112 Å². The van der Waals surface area contributed by atoms with Crippen molar-refractivity contribution in [1.29, 1.82) is 0 Å². The lowest BCUT2D eigenvalue weighted by molar-refractivity contribution is -0.140. The maximum absolute atomic E-state index is 11.0. The van der Waals surface area contributed by atoms with Crippen LogP contribution in [0.4, 0.5) is 5.69 Å². The number of carbonyl (C=O) groups is 1. The van der Waals surface area contributed by atoms with Crippen LogP contribution < -0.4 is 14.4 Å². The van der Waals surface area contributed by atoms with Crippen LogP contribution in [0.15, 0.2) is 30.9 Å². The smallest absolute Gasteiger partial charge is 0.308 e. The maximum Gasteiger partial charge on any atom is 0.308 e. The Balaban J connectivity index is 2.18. The molecule has 0 radical (unpaired) electrons. The number of hydrogen-bond donors (Lipinski definition) is 1. The van der Waals surface area contributed by atoms with E-state index in [0.29, 0.717) is 24.6 Å². The van der Waals surface area contributed by atoms with Gasteiger partial charge in [-0.05, 0) is 12.1 Å². The molecule has 1 heterocycles. The largest absolute Gasteiger partial charge is 0.481 e. The van der Waals surface area contributed by atoms with E-state index in [4.69, 9.17) is 14.6 Å². The fourth-order valence-corrected chi connectivity index (χ4v) is 1.93. The standard InChI is InChI=1S/C14H17NO4/c1-3-6-15(8-10(2)14(16)17)11-4-5-12-13(7-11)19-9-18-12/h3-5,7,10H,1,6,8-9H2,2H3,(H,16,17). The van der Waals surface area contributed by atoms with Crippen molar-refractivity contribution < 1.29 is 19.4 Å². The van der Waals surface area contributed by atoms with Gasteiger partial charge in [-0.2, -0.15) is 0 Å². The van der Waals surface area contributed by atoms with E-state index in [1.807, 2.05) is 23.1 Å². The SMILES string of the molecule is C=CCN(CC(C)C(=O)O)c1ccc2c(c1)OCO2. The van der Waals surface area contributed by atoms with Gasteiger partial charge >= 0.3 is 5.97 Å². The number of nitrogens with zero attached hydrogens (tertiary/aromatic N) is 1. The highest BCUT2D eigenvalue weighted by Crippen LogP contribution is 2.35. The van der Waals surface area contributed by atoms with Gasteiger partial charge in [0.15, 0.2) is 11.5 Å². The van der Waals surface area contributed by atoms with Crippen LogP contribution in [0.5, 0.6) is 11.5 Å². The average Bonchev–Trinajstić information content (AvgIpc) is 2.85. The molecular weight excluding hydrogens is 246 g/mol. The van der Waals surface area contributed by atoms with Crippen molar-refractivity contribution in [2.45, 2.75) is 6.92 Å². The quantitative estimate of drug-likeness (QED) is 0.797.